The van der Waals surface area contributed by atoms with Crippen LogP contribution in [0.15, 0.2) is 78.4 Å². The molecule has 0 spiro atoms. The molecule has 1 amide bonds. The molecule has 0 atom stereocenters. The molecule has 4 nitrogen and oxygen atoms in total. The molecule has 3 rings (SSSR count). The minimum Gasteiger partial charge on any atom is -0.488 e. The standard InChI is InChI=1S/C24H19IN2O2/c1-17-7-5-6-10-22(17)27-24(28)20(15-26)13-19-11-12-23(21(25)14-19)29-16-18-8-3-2-4-9-18/h2-14H,16H2,1H3,(H,27,28)/b20-13-. The monoisotopic (exact) mass is 494 g/mol. The van der Waals surface area contributed by atoms with E-state index in [0.717, 1.165) is 26.0 Å². The molecule has 0 unspecified atom stereocenters. The Morgan fingerprint density at radius 1 is 1.10 bits per heavy atom. The predicted octanol–water partition coefficient (Wildman–Crippen LogP) is 5.72. The Balaban J connectivity index is 1.72. The maximum atomic E-state index is 12.5. The van der Waals surface area contributed by atoms with E-state index < -0.39 is 5.91 Å². The fraction of sp³-hybridized carbons (Fsp3) is 0.0833. The number of halogens is 1. The van der Waals surface area contributed by atoms with Gasteiger partial charge in [0, 0.05) is 5.69 Å². The van der Waals surface area contributed by atoms with Crippen LogP contribution in [0.3, 0.4) is 0 Å². The second-order valence-corrected chi connectivity index (χ2v) is 7.57. The Labute approximate surface area is 184 Å². The van der Waals surface area contributed by atoms with Crippen molar-refractivity contribution in [2.24, 2.45) is 0 Å². The first-order valence-corrected chi connectivity index (χ1v) is 10.1. The highest BCUT2D eigenvalue weighted by atomic mass is 127. The largest absolute Gasteiger partial charge is 0.488 e. The van der Waals surface area contributed by atoms with E-state index in [1.54, 1.807) is 6.08 Å². The molecule has 0 aromatic heterocycles. The molecule has 0 aliphatic heterocycles. The van der Waals surface area contributed by atoms with Crippen LogP contribution in [-0.2, 0) is 11.4 Å². The zero-order valence-electron chi connectivity index (χ0n) is 15.9. The normalized spacial score (nSPS) is 10.9. The van der Waals surface area contributed by atoms with Gasteiger partial charge in [-0.25, -0.2) is 0 Å². The van der Waals surface area contributed by atoms with E-state index in [9.17, 15) is 10.1 Å². The third kappa shape index (κ3) is 5.69. The van der Waals surface area contributed by atoms with E-state index >= 15 is 0 Å². The van der Waals surface area contributed by atoms with E-state index in [1.165, 1.54) is 0 Å². The molecular formula is C24H19IN2O2. The Bertz CT molecular complexity index is 1090. The van der Waals surface area contributed by atoms with Gasteiger partial charge in [0.2, 0.25) is 0 Å². The maximum Gasteiger partial charge on any atom is 0.266 e. The number of carbonyl (C=O) groups is 1. The van der Waals surface area contributed by atoms with Crippen molar-refractivity contribution in [3.05, 3.63) is 98.6 Å². The highest BCUT2D eigenvalue weighted by Gasteiger charge is 2.11. The Kier molecular flexibility index (Phi) is 7.04. The fourth-order valence-electron chi connectivity index (χ4n) is 2.68. The zero-order valence-corrected chi connectivity index (χ0v) is 18.0. The van der Waals surface area contributed by atoms with E-state index in [2.05, 4.69) is 27.9 Å². The highest BCUT2D eigenvalue weighted by Crippen LogP contribution is 2.24. The number of nitriles is 1. The summed E-state index contributed by atoms with van der Waals surface area (Å²) in [5.41, 5.74) is 3.53. The summed E-state index contributed by atoms with van der Waals surface area (Å²) in [5.74, 6) is 0.329. The molecule has 0 aliphatic carbocycles. The van der Waals surface area contributed by atoms with E-state index in [1.807, 2.05) is 85.8 Å². The number of para-hydroxylation sites is 1. The smallest absolute Gasteiger partial charge is 0.266 e. The van der Waals surface area contributed by atoms with Crippen LogP contribution in [0.1, 0.15) is 16.7 Å². The predicted molar refractivity (Wildman–Crippen MR) is 123 cm³/mol. The number of benzene rings is 3. The van der Waals surface area contributed by atoms with Crippen molar-refractivity contribution >= 4 is 40.3 Å². The highest BCUT2D eigenvalue weighted by molar-refractivity contribution is 14.1. The molecule has 0 radical (unpaired) electrons. The zero-order chi connectivity index (χ0) is 20.6. The summed E-state index contributed by atoms with van der Waals surface area (Å²) in [6.07, 6.45) is 1.58. The molecular weight excluding hydrogens is 475 g/mol. The number of nitrogens with one attached hydrogen (secondary N) is 1. The molecule has 5 heteroatoms. The quantitative estimate of drug-likeness (QED) is 0.271. The van der Waals surface area contributed by atoms with Crippen LogP contribution < -0.4 is 10.1 Å². The lowest BCUT2D eigenvalue weighted by atomic mass is 10.1. The van der Waals surface area contributed by atoms with Crippen molar-refractivity contribution in [1.82, 2.24) is 0 Å². The van der Waals surface area contributed by atoms with Crippen molar-refractivity contribution in [3.8, 4) is 11.8 Å². The topological polar surface area (TPSA) is 62.1 Å². The summed E-state index contributed by atoms with van der Waals surface area (Å²) in [6.45, 7) is 2.39. The van der Waals surface area contributed by atoms with Crippen molar-refractivity contribution < 1.29 is 9.53 Å². The van der Waals surface area contributed by atoms with Gasteiger partial charge in [-0.3, -0.25) is 4.79 Å². The van der Waals surface area contributed by atoms with Crippen molar-refractivity contribution in [2.45, 2.75) is 13.5 Å². The van der Waals surface area contributed by atoms with Crippen LogP contribution in [0, 0.1) is 21.8 Å². The van der Waals surface area contributed by atoms with Gasteiger partial charge in [0.25, 0.3) is 5.91 Å². The van der Waals surface area contributed by atoms with Crippen LogP contribution in [0.2, 0.25) is 0 Å². The number of hydrogen-bond donors (Lipinski definition) is 1. The van der Waals surface area contributed by atoms with Gasteiger partial charge in [-0.05, 0) is 70.5 Å². The van der Waals surface area contributed by atoms with Crippen molar-refractivity contribution in [2.75, 3.05) is 5.32 Å². The third-order valence-electron chi connectivity index (χ3n) is 4.26. The molecule has 0 saturated carbocycles. The summed E-state index contributed by atoms with van der Waals surface area (Å²) in [7, 11) is 0. The second-order valence-electron chi connectivity index (χ2n) is 6.40. The molecule has 3 aromatic rings. The lowest BCUT2D eigenvalue weighted by Crippen LogP contribution is -2.14. The molecule has 1 N–H and O–H groups in total. The molecule has 144 valence electrons. The van der Waals surface area contributed by atoms with Crippen LogP contribution in [0.25, 0.3) is 6.08 Å². The summed E-state index contributed by atoms with van der Waals surface area (Å²) < 4.78 is 6.78. The van der Waals surface area contributed by atoms with Crippen LogP contribution >= 0.6 is 22.6 Å². The van der Waals surface area contributed by atoms with Gasteiger partial charge in [-0.1, -0.05) is 54.6 Å². The van der Waals surface area contributed by atoms with Crippen LogP contribution in [-0.4, -0.2) is 5.91 Å². The number of anilines is 1. The summed E-state index contributed by atoms with van der Waals surface area (Å²) in [4.78, 5) is 12.5. The number of nitrogens with zero attached hydrogens (tertiary/aromatic N) is 1. The Morgan fingerprint density at radius 3 is 2.52 bits per heavy atom. The lowest BCUT2D eigenvalue weighted by molar-refractivity contribution is -0.112. The van der Waals surface area contributed by atoms with Gasteiger partial charge in [0.1, 0.15) is 24.0 Å². The number of aryl methyl sites for hydroxylation is 1. The van der Waals surface area contributed by atoms with E-state index in [0.29, 0.717) is 12.3 Å². The first-order valence-electron chi connectivity index (χ1n) is 9.02. The molecule has 0 aliphatic rings. The molecule has 0 fully saturated rings. The minimum atomic E-state index is -0.429. The number of amides is 1. The average molecular weight is 494 g/mol. The van der Waals surface area contributed by atoms with E-state index in [4.69, 9.17) is 4.74 Å². The second kappa shape index (κ2) is 9.89. The molecule has 0 bridgehead atoms. The minimum absolute atomic E-state index is 0.0435. The third-order valence-corrected chi connectivity index (χ3v) is 5.11. The Hall–Kier alpha value is -3.11. The lowest BCUT2D eigenvalue weighted by Gasteiger charge is -2.10. The number of hydrogen-bond acceptors (Lipinski definition) is 3. The number of carbonyl (C=O) groups excluding carboxylic acids is 1. The summed E-state index contributed by atoms with van der Waals surface area (Å²) >= 11 is 2.19. The van der Waals surface area contributed by atoms with Crippen LogP contribution in [0.4, 0.5) is 5.69 Å². The van der Waals surface area contributed by atoms with E-state index in [-0.39, 0.29) is 5.57 Å². The van der Waals surface area contributed by atoms with Gasteiger partial charge in [-0.2, -0.15) is 5.26 Å². The average Bonchev–Trinajstić information content (AvgIpc) is 2.73. The van der Waals surface area contributed by atoms with Gasteiger partial charge < -0.3 is 10.1 Å². The number of rotatable bonds is 6. The first kappa shape index (κ1) is 20.6. The number of ether oxygens (including phenoxy) is 1. The SMILES string of the molecule is Cc1ccccc1NC(=O)/C(C#N)=C\c1ccc(OCc2ccccc2)c(I)c1. The summed E-state index contributed by atoms with van der Waals surface area (Å²) in [5, 5.41) is 12.2. The molecule has 0 saturated heterocycles. The van der Waals surface area contributed by atoms with Crippen molar-refractivity contribution in [1.29, 1.82) is 5.26 Å². The molecule has 0 heterocycles. The van der Waals surface area contributed by atoms with Crippen LogP contribution in [0.5, 0.6) is 5.75 Å². The van der Waals surface area contributed by atoms with Gasteiger partial charge in [0.15, 0.2) is 0 Å². The van der Waals surface area contributed by atoms with Gasteiger partial charge in [-0.15, -0.1) is 0 Å². The molecule has 3 aromatic carbocycles. The van der Waals surface area contributed by atoms with Gasteiger partial charge >= 0.3 is 0 Å². The summed E-state index contributed by atoms with van der Waals surface area (Å²) in [6, 6.07) is 25.0. The van der Waals surface area contributed by atoms with Gasteiger partial charge in [0.05, 0.1) is 3.57 Å². The molecule has 29 heavy (non-hydrogen) atoms. The fourth-order valence-corrected chi connectivity index (χ4v) is 3.37. The Morgan fingerprint density at radius 2 is 1.83 bits per heavy atom. The first-order chi connectivity index (χ1) is 14.1. The maximum absolute atomic E-state index is 12.5. The van der Waals surface area contributed by atoms with Crippen molar-refractivity contribution in [3.63, 3.8) is 0 Å².